The summed E-state index contributed by atoms with van der Waals surface area (Å²) in [5, 5.41) is 3.21. The van der Waals surface area contributed by atoms with Crippen LogP contribution in [-0.4, -0.2) is 36.9 Å². The fourth-order valence-electron chi connectivity index (χ4n) is 3.82. The maximum absolute atomic E-state index is 6.13. The fraction of sp³-hybridized carbons (Fsp3) is 0.611. The lowest BCUT2D eigenvalue weighted by Crippen LogP contribution is -2.63. The van der Waals surface area contributed by atoms with Gasteiger partial charge >= 0.3 is 0 Å². The number of hydrogen-bond acceptors (Lipinski definition) is 3. The SMILES string of the molecule is CCOC1CC(N=C(N)Nc2cc(C)cc(C)c2)C12CCCO2.I. The van der Waals surface area contributed by atoms with Crippen molar-refractivity contribution >= 4 is 35.6 Å². The first-order valence-electron chi connectivity index (χ1n) is 8.47. The van der Waals surface area contributed by atoms with Crippen molar-refractivity contribution in [3.63, 3.8) is 0 Å². The lowest BCUT2D eigenvalue weighted by Gasteiger charge is -2.50. The Labute approximate surface area is 161 Å². The molecule has 0 radical (unpaired) electrons. The second kappa shape index (κ2) is 8.01. The summed E-state index contributed by atoms with van der Waals surface area (Å²) in [6, 6.07) is 6.36. The maximum atomic E-state index is 6.13. The van der Waals surface area contributed by atoms with E-state index in [1.807, 2.05) is 6.92 Å². The molecule has 1 aliphatic carbocycles. The number of halogens is 1. The summed E-state index contributed by atoms with van der Waals surface area (Å²) >= 11 is 0. The molecule has 3 atom stereocenters. The molecule has 3 rings (SSSR count). The third-order valence-corrected chi connectivity index (χ3v) is 4.79. The number of nitrogens with two attached hydrogens (primary N) is 1. The van der Waals surface area contributed by atoms with Gasteiger partial charge in [-0.3, -0.25) is 0 Å². The molecule has 134 valence electrons. The molecule has 1 aromatic rings. The second-order valence-electron chi connectivity index (χ2n) is 6.62. The van der Waals surface area contributed by atoms with E-state index in [9.17, 15) is 0 Å². The smallest absolute Gasteiger partial charge is 0.193 e. The van der Waals surface area contributed by atoms with Crippen LogP contribution in [0, 0.1) is 13.8 Å². The Morgan fingerprint density at radius 1 is 1.38 bits per heavy atom. The largest absolute Gasteiger partial charge is 0.375 e. The molecule has 3 unspecified atom stereocenters. The average molecular weight is 445 g/mol. The zero-order valence-corrected chi connectivity index (χ0v) is 17.0. The van der Waals surface area contributed by atoms with Crippen LogP contribution in [0.5, 0.6) is 0 Å². The Bertz CT molecular complexity index is 580. The van der Waals surface area contributed by atoms with E-state index in [-0.39, 0.29) is 41.7 Å². The van der Waals surface area contributed by atoms with Gasteiger partial charge in [0.1, 0.15) is 5.60 Å². The Hall–Kier alpha value is -0.860. The zero-order chi connectivity index (χ0) is 16.4. The molecule has 2 aliphatic rings. The number of ether oxygens (including phenoxy) is 2. The molecule has 0 aromatic heterocycles. The number of aryl methyl sites for hydroxylation is 2. The molecule has 3 N–H and O–H groups in total. The van der Waals surface area contributed by atoms with Crippen molar-refractivity contribution < 1.29 is 9.47 Å². The quantitative estimate of drug-likeness (QED) is 0.424. The number of anilines is 1. The summed E-state index contributed by atoms with van der Waals surface area (Å²) in [4.78, 5) is 4.68. The molecular formula is C18H28IN3O2. The Morgan fingerprint density at radius 3 is 2.67 bits per heavy atom. The standard InChI is InChI=1S/C18H27N3O2.HI/c1-4-22-16-11-15(18(16)6-5-7-23-18)21-17(19)20-14-9-12(2)8-13(3)10-14;/h8-10,15-16H,4-7,11H2,1-3H3,(H3,19,20,21);1H. The van der Waals surface area contributed by atoms with Gasteiger partial charge in [0.15, 0.2) is 5.96 Å². The fourth-order valence-corrected chi connectivity index (χ4v) is 3.82. The van der Waals surface area contributed by atoms with Crippen LogP contribution in [0.15, 0.2) is 23.2 Å². The first-order valence-corrected chi connectivity index (χ1v) is 8.47. The van der Waals surface area contributed by atoms with Gasteiger partial charge in [-0.2, -0.15) is 0 Å². The lowest BCUT2D eigenvalue weighted by atomic mass is 9.70. The number of rotatable bonds is 4. The molecule has 1 saturated heterocycles. The first-order chi connectivity index (χ1) is 11.0. The predicted molar refractivity (Wildman–Crippen MR) is 108 cm³/mol. The Morgan fingerprint density at radius 2 is 2.08 bits per heavy atom. The minimum absolute atomic E-state index is 0. The van der Waals surface area contributed by atoms with Crippen molar-refractivity contribution in [1.29, 1.82) is 0 Å². The van der Waals surface area contributed by atoms with E-state index >= 15 is 0 Å². The van der Waals surface area contributed by atoms with Crippen LogP contribution in [-0.2, 0) is 9.47 Å². The van der Waals surface area contributed by atoms with Crippen molar-refractivity contribution in [2.24, 2.45) is 10.7 Å². The number of aliphatic imine (C=N–C) groups is 1. The van der Waals surface area contributed by atoms with Crippen LogP contribution in [0.1, 0.15) is 37.3 Å². The summed E-state index contributed by atoms with van der Waals surface area (Å²) in [6.45, 7) is 7.68. The topological polar surface area (TPSA) is 68.9 Å². The molecule has 1 saturated carbocycles. The van der Waals surface area contributed by atoms with E-state index < -0.39 is 0 Å². The molecule has 0 bridgehead atoms. The molecule has 24 heavy (non-hydrogen) atoms. The van der Waals surface area contributed by atoms with Gasteiger partial charge in [0.25, 0.3) is 0 Å². The van der Waals surface area contributed by atoms with Gasteiger partial charge in [0.05, 0.1) is 12.1 Å². The summed E-state index contributed by atoms with van der Waals surface area (Å²) in [6.07, 6.45) is 3.10. The second-order valence-corrected chi connectivity index (χ2v) is 6.62. The van der Waals surface area contributed by atoms with Crippen LogP contribution in [0.2, 0.25) is 0 Å². The Kier molecular flexibility index (Phi) is 6.50. The molecule has 6 heteroatoms. The molecule has 1 heterocycles. The molecule has 5 nitrogen and oxygen atoms in total. The minimum Gasteiger partial charge on any atom is -0.375 e. The van der Waals surface area contributed by atoms with Gasteiger partial charge < -0.3 is 20.5 Å². The molecule has 1 aromatic carbocycles. The van der Waals surface area contributed by atoms with Crippen LogP contribution >= 0.6 is 24.0 Å². The van der Waals surface area contributed by atoms with Gasteiger partial charge in [0.2, 0.25) is 0 Å². The lowest BCUT2D eigenvalue weighted by molar-refractivity contribution is -0.188. The van der Waals surface area contributed by atoms with Crippen molar-refractivity contribution in [1.82, 2.24) is 0 Å². The minimum atomic E-state index is -0.259. The van der Waals surface area contributed by atoms with E-state index in [4.69, 9.17) is 15.2 Å². The predicted octanol–water partition coefficient (Wildman–Crippen LogP) is 3.37. The molecule has 0 amide bonds. The summed E-state index contributed by atoms with van der Waals surface area (Å²) in [5.41, 5.74) is 9.26. The number of guanidine groups is 1. The summed E-state index contributed by atoms with van der Waals surface area (Å²) in [7, 11) is 0. The third kappa shape index (κ3) is 3.86. The van der Waals surface area contributed by atoms with Crippen molar-refractivity contribution in [2.75, 3.05) is 18.5 Å². The summed E-state index contributed by atoms with van der Waals surface area (Å²) < 4.78 is 11.8. The highest BCUT2D eigenvalue weighted by molar-refractivity contribution is 14.0. The van der Waals surface area contributed by atoms with Gasteiger partial charge in [-0.15, -0.1) is 24.0 Å². The van der Waals surface area contributed by atoms with E-state index in [1.54, 1.807) is 0 Å². The van der Waals surface area contributed by atoms with Crippen molar-refractivity contribution in [3.8, 4) is 0 Å². The highest BCUT2D eigenvalue weighted by Gasteiger charge is 2.59. The average Bonchev–Trinajstić information content (AvgIpc) is 2.97. The molecule has 1 spiro atoms. The molecule has 2 fully saturated rings. The van der Waals surface area contributed by atoms with E-state index in [0.717, 1.165) is 31.6 Å². The van der Waals surface area contributed by atoms with Crippen LogP contribution in [0.25, 0.3) is 0 Å². The molecule has 1 aliphatic heterocycles. The summed E-state index contributed by atoms with van der Waals surface area (Å²) in [5.74, 6) is 0.449. The third-order valence-electron chi connectivity index (χ3n) is 4.79. The van der Waals surface area contributed by atoms with Crippen LogP contribution in [0.4, 0.5) is 5.69 Å². The maximum Gasteiger partial charge on any atom is 0.193 e. The van der Waals surface area contributed by atoms with Crippen LogP contribution in [0.3, 0.4) is 0 Å². The number of benzene rings is 1. The Balaban J connectivity index is 0.00000208. The van der Waals surface area contributed by atoms with Gasteiger partial charge in [0, 0.05) is 25.3 Å². The number of nitrogens with zero attached hydrogens (tertiary/aromatic N) is 1. The van der Waals surface area contributed by atoms with Gasteiger partial charge in [-0.05, 0) is 56.9 Å². The first kappa shape index (κ1) is 19.5. The highest BCUT2D eigenvalue weighted by Crippen LogP contribution is 2.47. The number of nitrogens with one attached hydrogen (secondary N) is 1. The monoisotopic (exact) mass is 445 g/mol. The van der Waals surface area contributed by atoms with Crippen molar-refractivity contribution in [3.05, 3.63) is 29.3 Å². The normalized spacial score (nSPS) is 29.2. The number of hydrogen-bond donors (Lipinski definition) is 2. The highest BCUT2D eigenvalue weighted by atomic mass is 127. The van der Waals surface area contributed by atoms with Crippen LogP contribution < -0.4 is 11.1 Å². The van der Waals surface area contributed by atoms with E-state index in [1.165, 1.54) is 11.1 Å². The van der Waals surface area contributed by atoms with E-state index in [2.05, 4.69) is 42.4 Å². The van der Waals surface area contributed by atoms with E-state index in [0.29, 0.717) is 12.6 Å². The van der Waals surface area contributed by atoms with Crippen molar-refractivity contribution in [2.45, 2.75) is 57.8 Å². The van der Waals surface area contributed by atoms with Gasteiger partial charge in [-0.1, -0.05) is 6.07 Å². The molecular weight excluding hydrogens is 417 g/mol. The zero-order valence-electron chi connectivity index (χ0n) is 14.7. The van der Waals surface area contributed by atoms with Gasteiger partial charge in [-0.25, -0.2) is 4.99 Å².